The molecule has 0 spiro atoms. The van der Waals surface area contributed by atoms with Crippen molar-refractivity contribution in [3.8, 4) is 0 Å². The van der Waals surface area contributed by atoms with Crippen LogP contribution >= 0.6 is 0 Å². The van der Waals surface area contributed by atoms with Crippen LogP contribution in [0.4, 0.5) is 0 Å². The second kappa shape index (κ2) is 8.25. The number of hydrogen-bond acceptors (Lipinski definition) is 1. The summed E-state index contributed by atoms with van der Waals surface area (Å²) in [5.41, 5.74) is 12.8. The van der Waals surface area contributed by atoms with Gasteiger partial charge in [-0.15, -0.1) is 0 Å². The van der Waals surface area contributed by atoms with E-state index in [1.54, 1.807) is 0 Å². The summed E-state index contributed by atoms with van der Waals surface area (Å²) in [4.78, 5) is 3.41. The largest absolute Gasteiger partial charge is 0.361 e. The lowest BCUT2D eigenvalue weighted by Crippen LogP contribution is -2.48. The molecule has 0 radical (unpaired) electrons. The average Bonchev–Trinajstić information content (AvgIpc) is 3.25. The van der Waals surface area contributed by atoms with Gasteiger partial charge in [-0.05, 0) is 34.7 Å². The smallest absolute Gasteiger partial charge is 0.0605 e. The molecule has 0 fully saturated rings. The summed E-state index contributed by atoms with van der Waals surface area (Å²) in [6.45, 7) is 0. The van der Waals surface area contributed by atoms with E-state index in [-0.39, 0.29) is 6.04 Å². The molecule has 31 heavy (non-hydrogen) atoms. The number of nitrogens with two attached hydrogens (primary N) is 1. The third-order valence-corrected chi connectivity index (χ3v) is 6.36. The van der Waals surface area contributed by atoms with Crippen LogP contribution in [0.5, 0.6) is 0 Å². The van der Waals surface area contributed by atoms with Crippen LogP contribution in [0.25, 0.3) is 10.9 Å². The van der Waals surface area contributed by atoms with E-state index in [1.165, 1.54) is 27.6 Å². The van der Waals surface area contributed by atoms with E-state index in [0.29, 0.717) is 0 Å². The van der Waals surface area contributed by atoms with Gasteiger partial charge in [-0.2, -0.15) is 0 Å². The number of fused-ring (bicyclic) bond motifs is 1. The summed E-state index contributed by atoms with van der Waals surface area (Å²) in [5, 5.41) is 1.24. The number of H-pyrrole nitrogens is 1. The van der Waals surface area contributed by atoms with Gasteiger partial charge in [-0.1, -0.05) is 109 Å². The Morgan fingerprint density at radius 2 is 1.06 bits per heavy atom. The molecule has 5 rings (SSSR count). The van der Waals surface area contributed by atoms with E-state index in [2.05, 4.69) is 126 Å². The highest BCUT2D eigenvalue weighted by molar-refractivity contribution is 5.83. The van der Waals surface area contributed by atoms with Gasteiger partial charge in [0.15, 0.2) is 0 Å². The second-order valence-corrected chi connectivity index (χ2v) is 8.08. The van der Waals surface area contributed by atoms with Crippen LogP contribution in [0.15, 0.2) is 121 Å². The van der Waals surface area contributed by atoms with Gasteiger partial charge >= 0.3 is 0 Å². The fourth-order valence-electron chi connectivity index (χ4n) is 4.94. The van der Waals surface area contributed by atoms with Crippen molar-refractivity contribution < 1.29 is 0 Å². The van der Waals surface area contributed by atoms with Crippen LogP contribution in [0.2, 0.25) is 0 Å². The normalized spacial score (nSPS) is 12.7. The summed E-state index contributed by atoms with van der Waals surface area (Å²) in [5.74, 6) is 0. The summed E-state index contributed by atoms with van der Waals surface area (Å²) < 4.78 is 0. The molecule has 0 aliphatic rings. The Bertz CT molecular complexity index is 1160. The quantitative estimate of drug-likeness (QED) is 0.332. The monoisotopic (exact) mass is 402 g/mol. The molecule has 0 amide bonds. The third kappa shape index (κ3) is 3.35. The Balaban J connectivity index is 1.73. The van der Waals surface area contributed by atoms with Crippen molar-refractivity contribution in [2.75, 3.05) is 0 Å². The molecule has 2 nitrogen and oxygen atoms in total. The van der Waals surface area contributed by atoms with Gasteiger partial charge in [0.1, 0.15) is 0 Å². The van der Waals surface area contributed by atoms with Crippen LogP contribution in [0.3, 0.4) is 0 Å². The highest BCUT2D eigenvalue weighted by atomic mass is 14.7. The van der Waals surface area contributed by atoms with Gasteiger partial charge in [-0.25, -0.2) is 0 Å². The van der Waals surface area contributed by atoms with E-state index in [0.717, 1.165) is 11.9 Å². The van der Waals surface area contributed by atoms with Crippen molar-refractivity contribution in [3.63, 3.8) is 0 Å². The highest BCUT2D eigenvalue weighted by Crippen LogP contribution is 2.42. The Kier molecular flexibility index (Phi) is 5.15. The average molecular weight is 403 g/mol. The van der Waals surface area contributed by atoms with Crippen molar-refractivity contribution in [1.29, 1.82) is 0 Å². The molecule has 1 heterocycles. The van der Waals surface area contributed by atoms with Crippen LogP contribution in [-0.2, 0) is 11.8 Å². The first kappa shape index (κ1) is 19.3. The van der Waals surface area contributed by atoms with Crippen LogP contribution in [0, 0.1) is 0 Å². The number of nitrogens with one attached hydrogen (secondary N) is 1. The van der Waals surface area contributed by atoms with Gasteiger partial charge in [0.05, 0.1) is 5.41 Å². The molecular formula is C29H26N2. The predicted molar refractivity (Wildman–Crippen MR) is 129 cm³/mol. The van der Waals surface area contributed by atoms with Gasteiger partial charge in [0.25, 0.3) is 0 Å². The molecule has 1 unspecified atom stereocenters. The molecule has 0 aliphatic carbocycles. The summed E-state index contributed by atoms with van der Waals surface area (Å²) in [6.07, 6.45) is 2.86. The van der Waals surface area contributed by atoms with E-state index in [1.807, 2.05) is 0 Å². The van der Waals surface area contributed by atoms with Gasteiger partial charge in [0.2, 0.25) is 0 Å². The molecule has 2 heteroatoms. The summed E-state index contributed by atoms with van der Waals surface area (Å²) in [6, 6.07) is 40.3. The second-order valence-electron chi connectivity index (χ2n) is 8.08. The number of rotatable bonds is 6. The summed E-state index contributed by atoms with van der Waals surface area (Å²) in [7, 11) is 0. The van der Waals surface area contributed by atoms with Crippen molar-refractivity contribution in [2.24, 2.45) is 5.73 Å². The maximum atomic E-state index is 7.22. The molecule has 4 aromatic carbocycles. The van der Waals surface area contributed by atoms with E-state index in [9.17, 15) is 0 Å². The minimum atomic E-state index is -0.470. The van der Waals surface area contributed by atoms with Crippen LogP contribution in [-0.4, -0.2) is 11.0 Å². The first-order chi connectivity index (χ1) is 15.3. The third-order valence-electron chi connectivity index (χ3n) is 6.36. The fraction of sp³-hybridized carbons (Fsp3) is 0.103. The molecule has 1 atom stereocenters. The maximum Gasteiger partial charge on any atom is 0.0605 e. The molecule has 152 valence electrons. The fourth-order valence-corrected chi connectivity index (χ4v) is 4.94. The van der Waals surface area contributed by atoms with E-state index >= 15 is 0 Å². The molecular weight excluding hydrogens is 376 g/mol. The first-order valence-electron chi connectivity index (χ1n) is 10.8. The van der Waals surface area contributed by atoms with E-state index in [4.69, 9.17) is 5.73 Å². The van der Waals surface area contributed by atoms with Crippen LogP contribution in [0.1, 0.15) is 22.3 Å². The highest BCUT2D eigenvalue weighted by Gasteiger charge is 2.42. The van der Waals surface area contributed by atoms with Crippen molar-refractivity contribution in [3.05, 3.63) is 144 Å². The molecule has 0 saturated heterocycles. The van der Waals surface area contributed by atoms with Gasteiger partial charge < -0.3 is 10.7 Å². The number of aromatic amines is 1. The molecule has 5 aromatic rings. The zero-order valence-corrected chi connectivity index (χ0v) is 17.4. The van der Waals surface area contributed by atoms with Crippen molar-refractivity contribution in [1.82, 2.24) is 4.98 Å². The lowest BCUT2D eigenvalue weighted by atomic mass is 9.63. The lowest BCUT2D eigenvalue weighted by molar-refractivity contribution is 0.472. The lowest BCUT2D eigenvalue weighted by Gasteiger charge is -2.41. The summed E-state index contributed by atoms with van der Waals surface area (Å²) >= 11 is 0. The number of hydrogen-bond donors (Lipinski definition) is 2. The Hall–Kier alpha value is -3.62. The maximum absolute atomic E-state index is 7.22. The van der Waals surface area contributed by atoms with Crippen molar-refractivity contribution in [2.45, 2.75) is 17.9 Å². The number of benzene rings is 4. The Morgan fingerprint density at radius 1 is 0.613 bits per heavy atom. The molecule has 0 saturated carbocycles. The van der Waals surface area contributed by atoms with E-state index < -0.39 is 5.41 Å². The molecule has 0 aliphatic heterocycles. The van der Waals surface area contributed by atoms with Gasteiger partial charge in [0, 0.05) is 23.1 Å². The predicted octanol–water partition coefficient (Wildman–Crippen LogP) is 6.07. The Morgan fingerprint density at radius 3 is 1.58 bits per heavy atom. The first-order valence-corrected chi connectivity index (χ1v) is 10.8. The minimum absolute atomic E-state index is 0.168. The number of para-hydroxylation sites is 1. The Labute approximate surface area is 183 Å². The van der Waals surface area contributed by atoms with Crippen molar-refractivity contribution >= 4 is 10.9 Å². The number of aromatic nitrogens is 1. The SMILES string of the molecule is NC(Cc1c[nH]c2ccccc12)C(c1ccccc1)(c1ccccc1)c1ccccc1. The topological polar surface area (TPSA) is 41.8 Å². The zero-order chi connectivity index (χ0) is 21.1. The van der Waals surface area contributed by atoms with Gasteiger partial charge in [-0.3, -0.25) is 0 Å². The molecule has 3 N–H and O–H groups in total. The standard InChI is InChI=1S/C29H26N2/c30-28(20-22-21-31-27-19-11-10-18-26(22)27)29(23-12-4-1-5-13-23,24-14-6-2-7-15-24)25-16-8-3-9-17-25/h1-19,21,28,31H,20,30H2. The zero-order valence-electron chi connectivity index (χ0n) is 17.4. The molecule has 0 bridgehead atoms. The minimum Gasteiger partial charge on any atom is -0.361 e. The van der Waals surface area contributed by atoms with Crippen LogP contribution < -0.4 is 5.73 Å². The molecule has 1 aromatic heterocycles.